The SMILES string of the molecule is CCC(C)(CC)NS(=O)(=O)c1ccc(C(N)=S)c(Cl)c1. The van der Waals surface area contributed by atoms with Crippen molar-refractivity contribution in [2.45, 2.75) is 44.0 Å². The predicted molar refractivity (Wildman–Crippen MR) is 86.6 cm³/mol. The molecule has 0 spiro atoms. The van der Waals surface area contributed by atoms with Crippen LogP contribution in [0.25, 0.3) is 0 Å². The molecule has 112 valence electrons. The van der Waals surface area contributed by atoms with Gasteiger partial charge in [0.05, 0.1) is 9.92 Å². The largest absolute Gasteiger partial charge is 0.389 e. The summed E-state index contributed by atoms with van der Waals surface area (Å²) in [6, 6.07) is 4.34. The van der Waals surface area contributed by atoms with Gasteiger partial charge in [0.1, 0.15) is 4.99 Å². The maximum Gasteiger partial charge on any atom is 0.241 e. The van der Waals surface area contributed by atoms with Crippen molar-refractivity contribution in [2.75, 3.05) is 0 Å². The Morgan fingerprint density at radius 3 is 2.35 bits per heavy atom. The molecular formula is C13H19ClN2O2S2. The molecule has 0 bridgehead atoms. The molecule has 0 atom stereocenters. The first kappa shape index (κ1) is 17.4. The lowest BCUT2D eigenvalue weighted by molar-refractivity contribution is 0.388. The van der Waals surface area contributed by atoms with Crippen molar-refractivity contribution in [1.82, 2.24) is 4.72 Å². The van der Waals surface area contributed by atoms with Gasteiger partial charge >= 0.3 is 0 Å². The fourth-order valence-corrected chi connectivity index (χ4v) is 3.80. The predicted octanol–water partition coefficient (Wildman–Crippen LogP) is 2.83. The van der Waals surface area contributed by atoms with Crippen LogP contribution in [0.1, 0.15) is 39.2 Å². The van der Waals surface area contributed by atoms with Crippen LogP contribution in [0.3, 0.4) is 0 Å². The van der Waals surface area contributed by atoms with Gasteiger partial charge in [0.15, 0.2) is 0 Å². The highest BCUT2D eigenvalue weighted by Crippen LogP contribution is 2.23. The maximum atomic E-state index is 12.4. The van der Waals surface area contributed by atoms with Gasteiger partial charge in [-0.05, 0) is 38.0 Å². The maximum absolute atomic E-state index is 12.4. The van der Waals surface area contributed by atoms with Gasteiger partial charge in [0, 0.05) is 11.1 Å². The molecule has 0 aliphatic rings. The summed E-state index contributed by atoms with van der Waals surface area (Å²) >= 11 is 10.8. The molecule has 20 heavy (non-hydrogen) atoms. The Bertz CT molecular complexity index is 611. The van der Waals surface area contributed by atoms with Gasteiger partial charge in [-0.1, -0.05) is 37.7 Å². The van der Waals surface area contributed by atoms with E-state index in [-0.39, 0.29) is 14.9 Å². The van der Waals surface area contributed by atoms with Crippen molar-refractivity contribution >= 4 is 38.8 Å². The van der Waals surface area contributed by atoms with Crippen LogP contribution in [0, 0.1) is 0 Å². The molecule has 0 saturated heterocycles. The van der Waals surface area contributed by atoms with Crippen LogP contribution in [0.4, 0.5) is 0 Å². The summed E-state index contributed by atoms with van der Waals surface area (Å²) in [5, 5.41) is 0.232. The highest BCUT2D eigenvalue weighted by molar-refractivity contribution is 7.89. The molecule has 4 nitrogen and oxygen atoms in total. The highest BCUT2D eigenvalue weighted by Gasteiger charge is 2.27. The molecule has 0 saturated carbocycles. The van der Waals surface area contributed by atoms with E-state index in [1.165, 1.54) is 18.2 Å². The van der Waals surface area contributed by atoms with Crippen LogP contribution < -0.4 is 10.5 Å². The summed E-state index contributed by atoms with van der Waals surface area (Å²) in [5.41, 5.74) is 5.49. The van der Waals surface area contributed by atoms with Crippen molar-refractivity contribution in [3.05, 3.63) is 28.8 Å². The second-order valence-electron chi connectivity index (χ2n) is 4.88. The number of hydrogen-bond acceptors (Lipinski definition) is 3. The molecular weight excluding hydrogens is 316 g/mol. The number of halogens is 1. The second-order valence-corrected chi connectivity index (χ2v) is 7.41. The molecule has 1 rings (SSSR count). The average Bonchev–Trinajstić information content (AvgIpc) is 2.37. The minimum absolute atomic E-state index is 0.107. The van der Waals surface area contributed by atoms with E-state index in [0.717, 1.165) is 0 Å². The molecule has 3 N–H and O–H groups in total. The number of sulfonamides is 1. The Kier molecular flexibility index (Phi) is 5.54. The normalized spacial score (nSPS) is 12.4. The topological polar surface area (TPSA) is 72.2 Å². The number of rotatable bonds is 6. The molecule has 0 heterocycles. The van der Waals surface area contributed by atoms with Gasteiger partial charge in [-0.25, -0.2) is 13.1 Å². The average molecular weight is 335 g/mol. The van der Waals surface area contributed by atoms with E-state index in [1.54, 1.807) is 0 Å². The molecule has 0 fully saturated rings. The quantitative estimate of drug-likeness (QED) is 0.785. The Morgan fingerprint density at radius 2 is 1.95 bits per heavy atom. The third-order valence-electron chi connectivity index (χ3n) is 3.46. The van der Waals surface area contributed by atoms with Crippen LogP contribution >= 0.6 is 23.8 Å². The molecule has 1 aromatic carbocycles. The molecule has 1 aromatic rings. The van der Waals surface area contributed by atoms with Crippen LogP contribution in [0.2, 0.25) is 5.02 Å². The summed E-state index contributed by atoms with van der Waals surface area (Å²) in [4.78, 5) is 0.245. The van der Waals surface area contributed by atoms with Crippen molar-refractivity contribution < 1.29 is 8.42 Å². The zero-order valence-electron chi connectivity index (χ0n) is 11.7. The molecule has 0 aliphatic carbocycles. The van der Waals surface area contributed by atoms with E-state index in [2.05, 4.69) is 4.72 Å². The van der Waals surface area contributed by atoms with E-state index in [4.69, 9.17) is 29.6 Å². The number of nitrogens with one attached hydrogen (secondary N) is 1. The fourth-order valence-electron chi connectivity index (χ4n) is 1.64. The van der Waals surface area contributed by atoms with Crippen molar-refractivity contribution in [3.8, 4) is 0 Å². The van der Waals surface area contributed by atoms with Gasteiger partial charge in [-0.2, -0.15) is 0 Å². The first-order valence-corrected chi connectivity index (χ1v) is 8.55. The molecule has 7 heteroatoms. The van der Waals surface area contributed by atoms with Crippen LogP contribution in [0.15, 0.2) is 23.1 Å². The summed E-state index contributed by atoms with van der Waals surface area (Å²) < 4.78 is 27.4. The van der Waals surface area contributed by atoms with Gasteiger partial charge < -0.3 is 5.73 Å². The first-order chi connectivity index (χ1) is 9.15. The summed E-state index contributed by atoms with van der Waals surface area (Å²) in [5.74, 6) is 0. The fraction of sp³-hybridized carbons (Fsp3) is 0.462. The molecule has 0 amide bonds. The van der Waals surface area contributed by atoms with E-state index < -0.39 is 15.6 Å². The van der Waals surface area contributed by atoms with Gasteiger partial charge in [-0.3, -0.25) is 0 Å². The van der Waals surface area contributed by atoms with E-state index in [9.17, 15) is 8.42 Å². The van der Waals surface area contributed by atoms with E-state index in [1.807, 2.05) is 20.8 Å². The minimum atomic E-state index is -3.63. The summed E-state index contributed by atoms with van der Waals surface area (Å²) in [7, 11) is -3.63. The Labute approximate surface area is 130 Å². The number of hydrogen-bond donors (Lipinski definition) is 2. The first-order valence-electron chi connectivity index (χ1n) is 6.28. The van der Waals surface area contributed by atoms with Crippen molar-refractivity contribution in [3.63, 3.8) is 0 Å². The third kappa shape index (κ3) is 3.91. The van der Waals surface area contributed by atoms with Crippen LogP contribution in [-0.2, 0) is 10.0 Å². The Morgan fingerprint density at radius 1 is 1.40 bits per heavy atom. The van der Waals surface area contributed by atoms with E-state index >= 15 is 0 Å². The summed E-state index contributed by atoms with van der Waals surface area (Å²) in [6.45, 7) is 5.75. The lowest BCUT2D eigenvalue weighted by Crippen LogP contribution is -2.44. The molecule has 0 radical (unpaired) electrons. The lowest BCUT2D eigenvalue weighted by Gasteiger charge is -2.27. The lowest BCUT2D eigenvalue weighted by atomic mass is 9.98. The van der Waals surface area contributed by atoms with Gasteiger partial charge in [0.25, 0.3) is 0 Å². The third-order valence-corrected chi connectivity index (χ3v) is 5.63. The zero-order chi connectivity index (χ0) is 15.6. The molecule has 0 aromatic heterocycles. The number of thiocarbonyl (C=S) groups is 1. The van der Waals surface area contributed by atoms with Crippen LogP contribution in [-0.4, -0.2) is 18.9 Å². The monoisotopic (exact) mass is 334 g/mol. The second kappa shape index (κ2) is 6.39. The zero-order valence-corrected chi connectivity index (χ0v) is 14.1. The van der Waals surface area contributed by atoms with E-state index in [0.29, 0.717) is 18.4 Å². The minimum Gasteiger partial charge on any atom is -0.389 e. The highest BCUT2D eigenvalue weighted by atomic mass is 35.5. The van der Waals surface area contributed by atoms with Gasteiger partial charge in [0.2, 0.25) is 10.0 Å². The smallest absolute Gasteiger partial charge is 0.241 e. The van der Waals surface area contributed by atoms with Crippen LogP contribution in [0.5, 0.6) is 0 Å². The Hall–Kier alpha value is -0.690. The van der Waals surface area contributed by atoms with Crippen molar-refractivity contribution in [2.24, 2.45) is 5.73 Å². The molecule has 0 aliphatic heterocycles. The summed E-state index contributed by atoms with van der Waals surface area (Å²) in [6.07, 6.45) is 1.39. The number of benzene rings is 1. The Balaban J connectivity index is 3.17. The number of nitrogens with two attached hydrogens (primary N) is 1. The van der Waals surface area contributed by atoms with Gasteiger partial charge in [-0.15, -0.1) is 0 Å². The molecule has 0 unspecified atom stereocenters. The standard InChI is InChI=1S/C13H19ClN2O2S2/c1-4-13(3,5-2)16-20(17,18)9-6-7-10(12(15)19)11(14)8-9/h6-8,16H,4-5H2,1-3H3,(H2,15,19). The van der Waals surface area contributed by atoms with Crippen molar-refractivity contribution in [1.29, 1.82) is 0 Å².